The Bertz CT molecular complexity index is 888. The van der Waals surface area contributed by atoms with Gasteiger partial charge in [0.25, 0.3) is 0 Å². The van der Waals surface area contributed by atoms with Gasteiger partial charge in [-0.15, -0.1) is 0 Å². The number of rotatable bonds is 4. The molecule has 0 aromatic heterocycles. The predicted molar refractivity (Wildman–Crippen MR) is 102 cm³/mol. The van der Waals surface area contributed by atoms with Gasteiger partial charge in [-0.25, -0.2) is 9.18 Å². The monoisotopic (exact) mass is 443 g/mol. The zero-order valence-electron chi connectivity index (χ0n) is 16.3. The Kier molecular flexibility index (Phi) is 7.21. The Morgan fingerprint density at radius 3 is 2.48 bits per heavy atom. The molecule has 0 radical (unpaired) electrons. The summed E-state index contributed by atoms with van der Waals surface area (Å²) in [5.74, 6) is 0.0294. The normalized spacial score (nSPS) is 19.9. The second kappa shape index (κ2) is 9.86. The molecule has 2 N–H and O–H groups in total. The number of carbonyl (C=O) groups is 1. The third kappa shape index (κ3) is 6.24. The maximum absolute atomic E-state index is 13.2. The minimum absolute atomic E-state index is 0.194. The summed E-state index contributed by atoms with van der Waals surface area (Å²) in [5, 5.41) is 10.6. The highest BCUT2D eigenvalue weighted by Gasteiger charge is 2.38. The molecular formula is C21H21F4NO5. The number of nitrogens with one attached hydrogen (secondary N) is 1. The number of benzene rings is 2. The van der Waals surface area contributed by atoms with E-state index in [0.717, 1.165) is 36.8 Å². The number of hydrogen-bond acceptors (Lipinski definition) is 5. The SMILES string of the molecule is Fc1ccc(C2CCNCC2COc2ccc3c(c2)OCO3)cc1.O=C(O)C(F)(F)F. The highest BCUT2D eigenvalue weighted by atomic mass is 19.4. The molecule has 31 heavy (non-hydrogen) atoms. The van der Waals surface area contributed by atoms with Crippen LogP contribution in [0.15, 0.2) is 42.5 Å². The van der Waals surface area contributed by atoms with Crippen molar-refractivity contribution in [3.8, 4) is 17.2 Å². The van der Waals surface area contributed by atoms with Crippen molar-refractivity contribution >= 4 is 5.97 Å². The number of carboxylic acid groups (broad SMARTS) is 1. The number of piperidine rings is 1. The number of alkyl halides is 3. The van der Waals surface area contributed by atoms with Gasteiger partial charge in [-0.2, -0.15) is 13.2 Å². The van der Waals surface area contributed by atoms with E-state index in [4.69, 9.17) is 24.1 Å². The average molecular weight is 443 g/mol. The summed E-state index contributed by atoms with van der Waals surface area (Å²) in [4.78, 5) is 8.90. The highest BCUT2D eigenvalue weighted by molar-refractivity contribution is 5.73. The molecule has 4 rings (SSSR count). The zero-order chi connectivity index (χ0) is 22.4. The van der Waals surface area contributed by atoms with Gasteiger partial charge in [0.1, 0.15) is 11.6 Å². The standard InChI is InChI=1S/C19H20FNO3.C2HF3O2/c20-15-3-1-13(2-4-15)17-7-8-21-10-14(17)11-22-16-5-6-18-19(9-16)24-12-23-18;3-2(4,5)1(6)7/h1-6,9,14,17,21H,7-8,10-12H2;(H,6,7). The molecule has 0 spiro atoms. The third-order valence-electron chi connectivity index (χ3n) is 4.96. The van der Waals surface area contributed by atoms with Gasteiger partial charge in [-0.05, 0) is 48.7 Å². The lowest BCUT2D eigenvalue weighted by molar-refractivity contribution is -0.192. The molecule has 0 saturated carbocycles. The molecule has 2 aliphatic heterocycles. The molecule has 2 aromatic carbocycles. The third-order valence-corrected chi connectivity index (χ3v) is 4.96. The summed E-state index contributed by atoms with van der Waals surface area (Å²) in [6.45, 7) is 2.74. The van der Waals surface area contributed by atoms with Gasteiger partial charge in [0.2, 0.25) is 6.79 Å². The lowest BCUT2D eigenvalue weighted by atomic mass is 9.81. The van der Waals surface area contributed by atoms with Crippen LogP contribution in [0.25, 0.3) is 0 Å². The summed E-state index contributed by atoms with van der Waals surface area (Å²) >= 11 is 0. The molecule has 2 aromatic rings. The second-order valence-electron chi connectivity index (χ2n) is 7.04. The van der Waals surface area contributed by atoms with Crippen LogP contribution in [0.3, 0.4) is 0 Å². The minimum atomic E-state index is -5.08. The predicted octanol–water partition coefficient (Wildman–Crippen LogP) is 3.96. The molecule has 0 amide bonds. The van der Waals surface area contributed by atoms with Crippen molar-refractivity contribution in [2.45, 2.75) is 18.5 Å². The molecule has 168 valence electrons. The van der Waals surface area contributed by atoms with E-state index in [1.807, 2.05) is 30.3 Å². The summed E-state index contributed by atoms with van der Waals surface area (Å²) in [5.41, 5.74) is 1.18. The first-order chi connectivity index (χ1) is 14.7. The first-order valence-corrected chi connectivity index (χ1v) is 9.53. The maximum atomic E-state index is 13.2. The number of halogens is 4. The van der Waals surface area contributed by atoms with Crippen LogP contribution in [0.2, 0.25) is 0 Å². The number of aliphatic carboxylic acids is 1. The van der Waals surface area contributed by atoms with Crippen LogP contribution in [0.4, 0.5) is 17.6 Å². The van der Waals surface area contributed by atoms with E-state index >= 15 is 0 Å². The van der Waals surface area contributed by atoms with Crippen LogP contribution < -0.4 is 19.5 Å². The van der Waals surface area contributed by atoms with E-state index in [-0.39, 0.29) is 12.6 Å². The summed E-state index contributed by atoms with van der Waals surface area (Å²) in [7, 11) is 0. The molecule has 1 saturated heterocycles. The molecule has 10 heteroatoms. The lowest BCUT2D eigenvalue weighted by Gasteiger charge is -2.32. The summed E-state index contributed by atoms with van der Waals surface area (Å²) in [6, 6.07) is 12.5. The van der Waals surface area contributed by atoms with Crippen molar-refractivity contribution in [1.82, 2.24) is 5.32 Å². The fourth-order valence-corrected chi connectivity index (χ4v) is 3.42. The van der Waals surface area contributed by atoms with Gasteiger partial charge >= 0.3 is 12.1 Å². The molecular weight excluding hydrogens is 422 g/mol. The fraction of sp³-hybridized carbons (Fsp3) is 0.381. The molecule has 0 bridgehead atoms. The van der Waals surface area contributed by atoms with Crippen molar-refractivity contribution in [2.24, 2.45) is 5.92 Å². The van der Waals surface area contributed by atoms with Crippen LogP contribution in [-0.4, -0.2) is 43.7 Å². The average Bonchev–Trinajstić information content (AvgIpc) is 3.21. The maximum Gasteiger partial charge on any atom is 0.490 e. The van der Waals surface area contributed by atoms with Crippen molar-refractivity contribution in [2.75, 3.05) is 26.5 Å². The van der Waals surface area contributed by atoms with E-state index in [0.29, 0.717) is 18.4 Å². The van der Waals surface area contributed by atoms with E-state index in [1.165, 1.54) is 17.7 Å². The van der Waals surface area contributed by atoms with E-state index < -0.39 is 12.1 Å². The zero-order valence-corrected chi connectivity index (χ0v) is 16.3. The van der Waals surface area contributed by atoms with Crippen LogP contribution in [0.5, 0.6) is 17.2 Å². The van der Waals surface area contributed by atoms with Crippen LogP contribution >= 0.6 is 0 Å². The largest absolute Gasteiger partial charge is 0.493 e. The number of fused-ring (bicyclic) bond motifs is 1. The summed E-state index contributed by atoms with van der Waals surface area (Å²) in [6.07, 6.45) is -4.05. The lowest BCUT2D eigenvalue weighted by Crippen LogP contribution is -2.38. The van der Waals surface area contributed by atoms with Crippen LogP contribution in [0.1, 0.15) is 17.9 Å². The van der Waals surface area contributed by atoms with Crippen molar-refractivity contribution in [3.63, 3.8) is 0 Å². The first kappa shape index (κ1) is 22.7. The quantitative estimate of drug-likeness (QED) is 0.697. The van der Waals surface area contributed by atoms with Crippen molar-refractivity contribution in [1.29, 1.82) is 0 Å². The van der Waals surface area contributed by atoms with Gasteiger partial charge in [-0.3, -0.25) is 0 Å². The smallest absolute Gasteiger partial charge is 0.490 e. The highest BCUT2D eigenvalue weighted by Crippen LogP contribution is 2.36. The fourth-order valence-electron chi connectivity index (χ4n) is 3.42. The molecule has 0 aliphatic carbocycles. The second-order valence-corrected chi connectivity index (χ2v) is 7.04. The minimum Gasteiger partial charge on any atom is -0.493 e. The van der Waals surface area contributed by atoms with Gasteiger partial charge < -0.3 is 24.6 Å². The van der Waals surface area contributed by atoms with E-state index in [2.05, 4.69) is 5.32 Å². The number of carboxylic acids is 1. The van der Waals surface area contributed by atoms with Crippen molar-refractivity contribution in [3.05, 3.63) is 53.8 Å². The Morgan fingerprint density at radius 2 is 1.81 bits per heavy atom. The van der Waals surface area contributed by atoms with Gasteiger partial charge in [0.15, 0.2) is 11.5 Å². The summed E-state index contributed by atoms with van der Waals surface area (Å²) < 4.78 is 61.6. The molecule has 1 fully saturated rings. The van der Waals surface area contributed by atoms with Gasteiger partial charge in [-0.1, -0.05) is 12.1 Å². The van der Waals surface area contributed by atoms with Gasteiger partial charge in [0.05, 0.1) is 6.61 Å². The Balaban J connectivity index is 0.000000339. The van der Waals surface area contributed by atoms with Crippen molar-refractivity contribution < 1.29 is 41.7 Å². The van der Waals surface area contributed by atoms with E-state index in [9.17, 15) is 17.6 Å². The Morgan fingerprint density at radius 1 is 1.13 bits per heavy atom. The molecule has 2 unspecified atom stereocenters. The Hall–Kier alpha value is -3.01. The van der Waals surface area contributed by atoms with E-state index in [1.54, 1.807) is 0 Å². The molecule has 2 heterocycles. The molecule has 6 nitrogen and oxygen atoms in total. The molecule has 2 aliphatic rings. The number of ether oxygens (including phenoxy) is 3. The van der Waals surface area contributed by atoms with Crippen LogP contribution in [0, 0.1) is 11.7 Å². The van der Waals surface area contributed by atoms with Gasteiger partial charge in [0, 0.05) is 18.5 Å². The topological polar surface area (TPSA) is 77.0 Å². The molecule has 2 atom stereocenters. The van der Waals surface area contributed by atoms with Crippen LogP contribution in [-0.2, 0) is 4.79 Å². The Labute approximate surface area is 175 Å². The number of hydrogen-bond donors (Lipinski definition) is 2. The first-order valence-electron chi connectivity index (χ1n) is 9.53.